The van der Waals surface area contributed by atoms with E-state index in [0.717, 1.165) is 13.1 Å². The molecule has 3 rings (SSSR count). The van der Waals surface area contributed by atoms with Gasteiger partial charge in [-0.3, -0.25) is 4.79 Å². The lowest BCUT2D eigenvalue weighted by atomic mass is 9.68. The fourth-order valence-corrected chi connectivity index (χ4v) is 3.77. The molecule has 2 N–H and O–H groups in total. The number of furan rings is 1. The first kappa shape index (κ1) is 13.7. The van der Waals surface area contributed by atoms with Crippen LogP contribution in [-0.4, -0.2) is 23.9 Å². The largest absolute Gasteiger partial charge is 0.467 e. The second-order valence-electron chi connectivity index (χ2n) is 6.36. The van der Waals surface area contributed by atoms with Crippen LogP contribution in [0.3, 0.4) is 0 Å². The van der Waals surface area contributed by atoms with E-state index >= 15 is 0 Å². The van der Waals surface area contributed by atoms with Gasteiger partial charge in [-0.05, 0) is 37.2 Å². The zero-order chi connectivity index (χ0) is 14.0. The molecule has 1 aliphatic carbocycles. The third-order valence-corrected chi connectivity index (χ3v) is 5.13. The van der Waals surface area contributed by atoms with Crippen LogP contribution in [0.1, 0.15) is 61.1 Å². The molecule has 0 radical (unpaired) electrons. The molecule has 0 atom stereocenters. The molecule has 0 bridgehead atoms. The van der Waals surface area contributed by atoms with Crippen molar-refractivity contribution in [3.8, 4) is 0 Å². The molecule has 2 heterocycles. The van der Waals surface area contributed by atoms with Gasteiger partial charge in [-0.1, -0.05) is 19.3 Å². The van der Waals surface area contributed by atoms with Crippen LogP contribution >= 0.6 is 0 Å². The van der Waals surface area contributed by atoms with Crippen molar-refractivity contribution in [2.24, 2.45) is 11.1 Å². The number of hydrogen-bond acceptors (Lipinski definition) is 3. The van der Waals surface area contributed by atoms with E-state index in [2.05, 4.69) is 0 Å². The zero-order valence-corrected chi connectivity index (χ0v) is 12.1. The van der Waals surface area contributed by atoms with E-state index < -0.39 is 0 Å². The predicted molar refractivity (Wildman–Crippen MR) is 77.3 cm³/mol. The first-order valence-electron chi connectivity index (χ1n) is 7.79. The Morgan fingerprint density at radius 1 is 1.20 bits per heavy atom. The molecular weight excluding hydrogens is 252 g/mol. The average Bonchev–Trinajstić information content (AvgIpc) is 2.97. The van der Waals surface area contributed by atoms with Crippen LogP contribution < -0.4 is 5.73 Å². The lowest BCUT2D eigenvalue weighted by Gasteiger charge is -2.44. The highest BCUT2D eigenvalue weighted by Gasteiger charge is 2.36. The lowest BCUT2D eigenvalue weighted by molar-refractivity contribution is 0.0471. The number of nitrogens with zero attached hydrogens (tertiary/aromatic N) is 1. The van der Waals surface area contributed by atoms with Gasteiger partial charge in [0.2, 0.25) is 0 Å². The van der Waals surface area contributed by atoms with E-state index in [9.17, 15) is 4.79 Å². The molecule has 1 saturated carbocycles. The molecule has 1 aliphatic heterocycles. The minimum Gasteiger partial charge on any atom is -0.467 e. The van der Waals surface area contributed by atoms with Gasteiger partial charge in [0.1, 0.15) is 12.0 Å². The minimum atomic E-state index is 0.0964. The molecule has 4 nitrogen and oxygen atoms in total. The number of nitrogens with two attached hydrogens (primary N) is 1. The Labute approximate surface area is 120 Å². The number of amides is 1. The van der Waals surface area contributed by atoms with Gasteiger partial charge in [0.05, 0.1) is 12.1 Å². The topological polar surface area (TPSA) is 59.5 Å². The van der Waals surface area contributed by atoms with Gasteiger partial charge in [-0.25, -0.2) is 0 Å². The molecule has 1 spiro atoms. The maximum atomic E-state index is 12.4. The molecular formula is C16H24N2O2. The van der Waals surface area contributed by atoms with Crippen molar-refractivity contribution in [1.29, 1.82) is 0 Å². The van der Waals surface area contributed by atoms with E-state index in [4.69, 9.17) is 10.2 Å². The molecule has 1 amide bonds. The lowest BCUT2D eigenvalue weighted by Crippen LogP contribution is -2.43. The Kier molecular flexibility index (Phi) is 3.83. The summed E-state index contributed by atoms with van der Waals surface area (Å²) in [6.45, 7) is 2.13. The number of hydrogen-bond donors (Lipinski definition) is 1. The van der Waals surface area contributed by atoms with Crippen LogP contribution in [0.4, 0.5) is 0 Å². The van der Waals surface area contributed by atoms with Gasteiger partial charge in [0.15, 0.2) is 0 Å². The van der Waals surface area contributed by atoms with Gasteiger partial charge in [-0.15, -0.1) is 0 Å². The number of carbonyl (C=O) groups excluding carboxylic acids is 1. The maximum absolute atomic E-state index is 12.4. The van der Waals surface area contributed by atoms with E-state index in [0.29, 0.717) is 23.3 Å². The highest BCUT2D eigenvalue weighted by atomic mass is 16.3. The van der Waals surface area contributed by atoms with Crippen LogP contribution in [0, 0.1) is 5.41 Å². The van der Waals surface area contributed by atoms with Crippen LogP contribution in [-0.2, 0) is 6.54 Å². The second kappa shape index (κ2) is 5.60. The third-order valence-electron chi connectivity index (χ3n) is 5.13. The van der Waals surface area contributed by atoms with Crippen LogP contribution in [0.25, 0.3) is 0 Å². The summed E-state index contributed by atoms with van der Waals surface area (Å²) in [6, 6.07) is 1.77. The summed E-state index contributed by atoms with van der Waals surface area (Å²) in [6.07, 6.45) is 10.7. The fourth-order valence-electron chi connectivity index (χ4n) is 3.77. The van der Waals surface area contributed by atoms with Gasteiger partial charge in [0.25, 0.3) is 5.91 Å². The molecule has 1 aromatic heterocycles. The summed E-state index contributed by atoms with van der Waals surface area (Å²) >= 11 is 0. The van der Waals surface area contributed by atoms with Crippen LogP contribution in [0.5, 0.6) is 0 Å². The SMILES string of the molecule is NCc1cc(C(=O)N2CCC3(CCCCC3)CC2)co1. The molecule has 20 heavy (non-hydrogen) atoms. The summed E-state index contributed by atoms with van der Waals surface area (Å²) in [5.74, 6) is 0.771. The van der Waals surface area contributed by atoms with Gasteiger partial charge >= 0.3 is 0 Å². The summed E-state index contributed by atoms with van der Waals surface area (Å²) in [5, 5.41) is 0. The van der Waals surface area contributed by atoms with Crippen molar-refractivity contribution < 1.29 is 9.21 Å². The van der Waals surface area contributed by atoms with Crippen molar-refractivity contribution in [3.63, 3.8) is 0 Å². The van der Waals surface area contributed by atoms with Crippen LogP contribution in [0.15, 0.2) is 16.7 Å². The molecule has 2 fully saturated rings. The Hall–Kier alpha value is -1.29. The number of likely N-dealkylation sites (tertiary alicyclic amines) is 1. The smallest absolute Gasteiger partial charge is 0.257 e. The van der Waals surface area contributed by atoms with Gasteiger partial charge < -0.3 is 15.1 Å². The van der Waals surface area contributed by atoms with Crippen molar-refractivity contribution in [2.45, 2.75) is 51.5 Å². The second-order valence-corrected chi connectivity index (χ2v) is 6.36. The van der Waals surface area contributed by atoms with Crippen molar-refractivity contribution in [1.82, 2.24) is 4.90 Å². The number of piperidine rings is 1. The average molecular weight is 276 g/mol. The van der Waals surface area contributed by atoms with Gasteiger partial charge in [-0.2, -0.15) is 0 Å². The molecule has 1 saturated heterocycles. The highest BCUT2D eigenvalue weighted by molar-refractivity contribution is 5.94. The normalized spacial score (nSPS) is 22.1. The van der Waals surface area contributed by atoms with Crippen molar-refractivity contribution in [2.75, 3.05) is 13.1 Å². The summed E-state index contributed by atoms with van der Waals surface area (Å²) in [7, 11) is 0. The molecule has 4 heteroatoms. The summed E-state index contributed by atoms with van der Waals surface area (Å²) in [4.78, 5) is 14.4. The van der Waals surface area contributed by atoms with E-state index in [-0.39, 0.29) is 5.91 Å². The van der Waals surface area contributed by atoms with E-state index in [1.807, 2.05) is 4.90 Å². The highest BCUT2D eigenvalue weighted by Crippen LogP contribution is 2.44. The Balaban J connectivity index is 1.61. The Morgan fingerprint density at radius 2 is 1.90 bits per heavy atom. The molecule has 0 aromatic carbocycles. The van der Waals surface area contributed by atoms with Crippen molar-refractivity contribution in [3.05, 3.63) is 23.7 Å². The Morgan fingerprint density at radius 3 is 2.50 bits per heavy atom. The first-order chi connectivity index (χ1) is 9.72. The minimum absolute atomic E-state index is 0.0964. The van der Waals surface area contributed by atoms with Gasteiger partial charge in [0, 0.05) is 13.1 Å². The Bertz CT molecular complexity index is 465. The quantitative estimate of drug-likeness (QED) is 0.903. The molecule has 0 unspecified atom stereocenters. The molecule has 110 valence electrons. The van der Waals surface area contributed by atoms with Crippen molar-refractivity contribution >= 4 is 5.91 Å². The number of carbonyl (C=O) groups is 1. The monoisotopic (exact) mass is 276 g/mol. The standard InChI is InChI=1S/C16H24N2O2/c17-11-14-10-13(12-20-14)15(19)18-8-6-16(7-9-18)4-2-1-3-5-16/h10,12H,1-9,11,17H2. The predicted octanol–water partition coefficient (Wildman–Crippen LogP) is 2.92. The summed E-state index contributed by atoms with van der Waals surface area (Å²) in [5.41, 5.74) is 6.70. The summed E-state index contributed by atoms with van der Waals surface area (Å²) < 4.78 is 5.26. The molecule has 1 aromatic rings. The molecule has 2 aliphatic rings. The first-order valence-corrected chi connectivity index (χ1v) is 7.79. The number of rotatable bonds is 2. The van der Waals surface area contributed by atoms with Crippen LogP contribution in [0.2, 0.25) is 0 Å². The third kappa shape index (κ3) is 2.62. The van der Waals surface area contributed by atoms with E-state index in [1.54, 1.807) is 6.07 Å². The maximum Gasteiger partial charge on any atom is 0.257 e. The fraction of sp³-hybridized carbons (Fsp3) is 0.688. The van der Waals surface area contributed by atoms with E-state index in [1.165, 1.54) is 51.2 Å². The zero-order valence-electron chi connectivity index (χ0n) is 12.1.